The minimum atomic E-state index is -0.744. The van der Waals surface area contributed by atoms with Crippen LogP contribution in [0, 0.1) is 0 Å². The molecule has 0 saturated heterocycles. The van der Waals surface area contributed by atoms with E-state index in [2.05, 4.69) is 16.0 Å². The van der Waals surface area contributed by atoms with Gasteiger partial charge in [0.15, 0.2) is 0 Å². The summed E-state index contributed by atoms with van der Waals surface area (Å²) in [5, 5.41) is 57.3. The minimum absolute atomic E-state index is 0.0381. The quantitative estimate of drug-likeness (QED) is 0.111. The number of nitrogens with one attached hydrogen (secondary N) is 3. The van der Waals surface area contributed by atoms with Gasteiger partial charge in [-0.3, -0.25) is 4.79 Å². The highest BCUT2D eigenvalue weighted by atomic mass is 16.5. The van der Waals surface area contributed by atoms with Gasteiger partial charge in [0.1, 0.15) is 17.2 Å². The molecule has 0 fully saturated rings. The van der Waals surface area contributed by atoms with Crippen molar-refractivity contribution in [2.75, 3.05) is 25.5 Å². The van der Waals surface area contributed by atoms with Crippen LogP contribution in [-0.2, 0) is 17.8 Å². The number of phenolic OH excluding ortho intramolecular Hbond substituents is 1. The van der Waals surface area contributed by atoms with Crippen LogP contribution in [0.1, 0.15) is 62.2 Å². The van der Waals surface area contributed by atoms with Gasteiger partial charge in [-0.1, -0.05) is 24.3 Å². The average molecular weight is 584 g/mol. The van der Waals surface area contributed by atoms with Gasteiger partial charge < -0.3 is 46.2 Å². The number of benzene rings is 3. The zero-order valence-electron chi connectivity index (χ0n) is 25.0. The molecule has 1 amide bonds. The van der Waals surface area contributed by atoms with E-state index in [9.17, 15) is 25.2 Å². The Bertz CT molecular complexity index is 1250. The number of aromatic hydroxyl groups is 2. The van der Waals surface area contributed by atoms with Crippen LogP contribution in [0.15, 0.2) is 60.7 Å². The lowest BCUT2D eigenvalue weighted by Gasteiger charge is -2.23. The summed E-state index contributed by atoms with van der Waals surface area (Å²) in [4.78, 5) is 10.5. The number of ether oxygens (including phenoxy) is 1. The summed E-state index contributed by atoms with van der Waals surface area (Å²) in [5.41, 5.74) is 3.12. The molecule has 0 radical (unpaired) electrons. The van der Waals surface area contributed by atoms with E-state index in [0.29, 0.717) is 36.2 Å². The molecule has 3 aromatic carbocycles. The fourth-order valence-corrected chi connectivity index (χ4v) is 4.02. The van der Waals surface area contributed by atoms with E-state index in [1.807, 2.05) is 52.0 Å². The summed E-state index contributed by atoms with van der Waals surface area (Å²) in [6, 6.07) is 17.5. The first-order chi connectivity index (χ1) is 19.9. The number of aliphatic hydroxyl groups is 3. The predicted octanol–water partition coefficient (Wildman–Crippen LogP) is 3.53. The highest BCUT2D eigenvalue weighted by molar-refractivity contribution is 5.75. The number of hydrogen-bond acceptors (Lipinski definition) is 9. The molecular weight excluding hydrogens is 538 g/mol. The van der Waals surface area contributed by atoms with Crippen LogP contribution >= 0.6 is 0 Å². The van der Waals surface area contributed by atoms with Crippen LogP contribution in [0.2, 0.25) is 0 Å². The Hall–Kier alpha value is -3.67. The van der Waals surface area contributed by atoms with Crippen molar-refractivity contribution in [3.8, 4) is 17.2 Å². The van der Waals surface area contributed by atoms with Crippen molar-refractivity contribution < 1.29 is 35.1 Å². The monoisotopic (exact) mass is 583 g/mol. The fourth-order valence-electron chi connectivity index (χ4n) is 4.02. The first-order valence-electron chi connectivity index (χ1n) is 13.8. The highest BCUT2D eigenvalue weighted by Crippen LogP contribution is 2.27. The average Bonchev–Trinajstić information content (AvgIpc) is 2.96. The van der Waals surface area contributed by atoms with Crippen LogP contribution in [-0.4, -0.2) is 63.7 Å². The molecule has 3 rings (SSSR count). The summed E-state index contributed by atoms with van der Waals surface area (Å²) >= 11 is 0. The number of carbonyl (C=O) groups excluding carboxylic acids is 1. The molecule has 8 N–H and O–H groups in total. The van der Waals surface area contributed by atoms with Gasteiger partial charge in [0, 0.05) is 30.2 Å². The third-order valence-electron chi connectivity index (χ3n) is 6.46. The van der Waals surface area contributed by atoms with Crippen molar-refractivity contribution in [1.82, 2.24) is 10.6 Å². The number of anilines is 1. The molecule has 0 spiro atoms. The topological polar surface area (TPSA) is 164 Å². The van der Waals surface area contributed by atoms with E-state index < -0.39 is 12.2 Å². The second kappa shape index (κ2) is 16.7. The Kier molecular flexibility index (Phi) is 13.7. The Labute approximate surface area is 248 Å². The van der Waals surface area contributed by atoms with Crippen LogP contribution in [0.5, 0.6) is 17.2 Å². The number of rotatable bonds is 13. The van der Waals surface area contributed by atoms with Crippen LogP contribution in [0.25, 0.3) is 0 Å². The first-order valence-corrected chi connectivity index (χ1v) is 13.8. The normalized spacial score (nSPS) is 13.3. The number of β-amino-alcohol motifs (C(OH)–C–C–N with tert-alkyl or cyclic N) is 1. The molecule has 10 heteroatoms. The maximum Gasteiger partial charge on any atom is 0.211 e. The van der Waals surface area contributed by atoms with Gasteiger partial charge in [0.2, 0.25) is 6.41 Å². The van der Waals surface area contributed by atoms with E-state index in [-0.39, 0.29) is 35.4 Å². The van der Waals surface area contributed by atoms with E-state index >= 15 is 0 Å². The standard InChI is InChI=1S/C19H24N2O4.C13H21NO3/c1-13(9-14-3-6-16(25-2)7-4-14)20-11-19(24)15-5-8-18(23)17(10-15)21-12-22;1-13(2,3)14-7-12(17)9-4-5-11(16)10(6-9)8-15/h3-8,10,12-13,19-20,23-24H,9,11H2,1-2H3,(H,21,22);4-6,12,14-17H,7-8H2,1-3H3/t13-,19+;12-/m10/s1. The van der Waals surface area contributed by atoms with Crippen molar-refractivity contribution in [3.05, 3.63) is 82.9 Å². The van der Waals surface area contributed by atoms with Gasteiger partial charge in [-0.15, -0.1) is 0 Å². The summed E-state index contributed by atoms with van der Waals surface area (Å²) in [6.07, 6.45) is -0.0868. The Morgan fingerprint density at radius 2 is 1.48 bits per heavy atom. The second-order valence-electron chi connectivity index (χ2n) is 11.1. The smallest absolute Gasteiger partial charge is 0.211 e. The van der Waals surface area contributed by atoms with E-state index in [1.54, 1.807) is 31.4 Å². The van der Waals surface area contributed by atoms with Crippen LogP contribution in [0.4, 0.5) is 5.69 Å². The molecule has 0 unspecified atom stereocenters. The number of aliphatic hydroxyl groups excluding tert-OH is 3. The van der Waals surface area contributed by atoms with E-state index in [1.165, 1.54) is 17.7 Å². The molecule has 0 aliphatic heterocycles. The summed E-state index contributed by atoms with van der Waals surface area (Å²) in [6.45, 7) is 8.68. The molecule has 3 atom stereocenters. The number of amides is 1. The summed E-state index contributed by atoms with van der Waals surface area (Å²) in [5.74, 6) is 0.836. The van der Waals surface area contributed by atoms with Crippen molar-refractivity contribution in [3.63, 3.8) is 0 Å². The number of methoxy groups -OCH3 is 1. The Morgan fingerprint density at radius 3 is 2.05 bits per heavy atom. The lowest BCUT2D eigenvalue weighted by molar-refractivity contribution is -0.105. The van der Waals surface area contributed by atoms with Crippen molar-refractivity contribution >= 4 is 12.1 Å². The first kappa shape index (κ1) is 34.5. The van der Waals surface area contributed by atoms with Crippen molar-refractivity contribution in [2.24, 2.45) is 0 Å². The lowest BCUT2D eigenvalue weighted by atomic mass is 10.0. The lowest BCUT2D eigenvalue weighted by Crippen LogP contribution is -2.38. The van der Waals surface area contributed by atoms with Crippen molar-refractivity contribution in [2.45, 2.75) is 64.5 Å². The fraction of sp³-hybridized carbons (Fsp3) is 0.406. The Morgan fingerprint density at radius 1 is 0.881 bits per heavy atom. The molecule has 10 nitrogen and oxygen atoms in total. The van der Waals surface area contributed by atoms with Crippen molar-refractivity contribution in [1.29, 1.82) is 0 Å². The molecule has 0 aliphatic rings. The number of phenols is 2. The third-order valence-corrected chi connectivity index (χ3v) is 6.46. The second-order valence-corrected chi connectivity index (χ2v) is 11.1. The molecule has 0 heterocycles. The number of carbonyl (C=O) groups is 1. The molecule has 0 aliphatic carbocycles. The van der Waals surface area contributed by atoms with Gasteiger partial charge in [-0.05, 0) is 87.2 Å². The molecule has 0 bridgehead atoms. The maximum absolute atomic E-state index is 10.5. The zero-order chi connectivity index (χ0) is 31.3. The van der Waals surface area contributed by atoms with Gasteiger partial charge >= 0.3 is 0 Å². The largest absolute Gasteiger partial charge is 0.508 e. The minimum Gasteiger partial charge on any atom is -0.508 e. The van der Waals surface area contributed by atoms with Gasteiger partial charge in [-0.25, -0.2) is 0 Å². The van der Waals surface area contributed by atoms with Gasteiger partial charge in [0.05, 0.1) is 31.6 Å². The Balaban J connectivity index is 0.000000317. The highest BCUT2D eigenvalue weighted by Gasteiger charge is 2.15. The molecule has 0 saturated carbocycles. The molecular formula is C32H45N3O7. The predicted molar refractivity (Wildman–Crippen MR) is 164 cm³/mol. The molecule has 230 valence electrons. The number of hydrogen-bond donors (Lipinski definition) is 8. The summed E-state index contributed by atoms with van der Waals surface area (Å²) < 4.78 is 5.14. The van der Waals surface area contributed by atoms with Gasteiger partial charge in [0.25, 0.3) is 0 Å². The van der Waals surface area contributed by atoms with E-state index in [0.717, 1.165) is 12.2 Å². The zero-order valence-corrected chi connectivity index (χ0v) is 25.0. The SMILES string of the molecule is CC(C)(C)NC[C@H](O)c1ccc(O)c(CO)c1.COc1ccc(C[C@@H](C)NC[C@H](O)c2ccc(O)c(NC=O)c2)cc1. The molecule has 0 aromatic heterocycles. The van der Waals surface area contributed by atoms with Crippen LogP contribution < -0.4 is 20.7 Å². The van der Waals surface area contributed by atoms with Crippen LogP contribution in [0.3, 0.4) is 0 Å². The summed E-state index contributed by atoms with van der Waals surface area (Å²) in [7, 11) is 1.64. The molecule has 3 aromatic rings. The van der Waals surface area contributed by atoms with Gasteiger partial charge in [-0.2, -0.15) is 0 Å². The maximum atomic E-state index is 10.5. The van der Waals surface area contributed by atoms with E-state index in [4.69, 9.17) is 9.84 Å². The third kappa shape index (κ3) is 11.7. The molecule has 42 heavy (non-hydrogen) atoms.